The highest BCUT2D eigenvalue weighted by Gasteiger charge is 2.17. The average Bonchev–Trinajstić information content (AvgIpc) is 2.88. The first kappa shape index (κ1) is 26.7. The summed E-state index contributed by atoms with van der Waals surface area (Å²) < 4.78 is 43.6. The predicted molar refractivity (Wildman–Crippen MR) is 136 cm³/mol. The lowest BCUT2D eigenvalue weighted by Crippen LogP contribution is -2.15. The van der Waals surface area contributed by atoms with Crippen molar-refractivity contribution in [1.82, 2.24) is 9.97 Å². The normalized spacial score (nSPS) is 11.0. The highest BCUT2D eigenvalue weighted by molar-refractivity contribution is 7.92. The average molecular weight is 515 g/mol. The molecule has 192 valence electrons. The maximum absolute atomic E-state index is 12.8. The van der Waals surface area contributed by atoms with Crippen molar-refractivity contribution >= 4 is 27.4 Å². The molecular weight excluding hydrogens is 484 g/mol. The summed E-state index contributed by atoms with van der Waals surface area (Å²) in [5.74, 6) is 0.524. The second kappa shape index (κ2) is 12.7. The summed E-state index contributed by atoms with van der Waals surface area (Å²) in [5, 5.41) is 2.75. The number of nitrogens with zero attached hydrogens (tertiary/aromatic N) is 2. The molecule has 1 heterocycles. The summed E-state index contributed by atoms with van der Waals surface area (Å²) in [7, 11) is -1.20. The third kappa shape index (κ3) is 7.57. The van der Waals surface area contributed by atoms with Crippen molar-refractivity contribution in [1.29, 1.82) is 0 Å². The predicted octanol–water partition coefficient (Wildman–Crippen LogP) is 4.51. The van der Waals surface area contributed by atoms with Crippen molar-refractivity contribution in [3.8, 4) is 17.6 Å². The van der Waals surface area contributed by atoms with Gasteiger partial charge >= 0.3 is 6.01 Å². The van der Waals surface area contributed by atoms with Crippen molar-refractivity contribution in [3.63, 3.8) is 0 Å². The van der Waals surface area contributed by atoms with E-state index in [9.17, 15) is 13.2 Å². The third-order valence-electron chi connectivity index (χ3n) is 5.12. The first-order chi connectivity index (χ1) is 17.3. The van der Waals surface area contributed by atoms with Gasteiger partial charge in [0.15, 0.2) is 5.82 Å². The molecule has 1 amide bonds. The SMILES string of the molecule is CCCCCCOc1ccc(C(=O)Nc2ccc(S(=O)(=O)Nc3cc(OC)nc(OC)n3)cc2)cc1. The van der Waals surface area contributed by atoms with Crippen LogP contribution >= 0.6 is 0 Å². The van der Waals surface area contributed by atoms with Crippen LogP contribution in [0, 0.1) is 0 Å². The van der Waals surface area contributed by atoms with Gasteiger partial charge in [0.1, 0.15) is 5.75 Å². The van der Waals surface area contributed by atoms with E-state index in [1.807, 2.05) is 0 Å². The van der Waals surface area contributed by atoms with E-state index >= 15 is 0 Å². The Morgan fingerprint density at radius 2 is 1.64 bits per heavy atom. The van der Waals surface area contributed by atoms with Gasteiger partial charge in [0.05, 0.1) is 25.7 Å². The number of hydrogen-bond acceptors (Lipinski definition) is 8. The fourth-order valence-corrected chi connectivity index (χ4v) is 4.18. The highest BCUT2D eigenvalue weighted by Crippen LogP contribution is 2.22. The lowest BCUT2D eigenvalue weighted by molar-refractivity contribution is 0.102. The van der Waals surface area contributed by atoms with Gasteiger partial charge in [-0.2, -0.15) is 9.97 Å². The summed E-state index contributed by atoms with van der Waals surface area (Å²) >= 11 is 0. The highest BCUT2D eigenvalue weighted by atomic mass is 32.2. The zero-order valence-corrected chi connectivity index (χ0v) is 21.3. The zero-order valence-electron chi connectivity index (χ0n) is 20.5. The number of aromatic nitrogens is 2. The monoisotopic (exact) mass is 514 g/mol. The Kier molecular flexibility index (Phi) is 9.46. The van der Waals surface area contributed by atoms with E-state index in [-0.39, 0.29) is 28.5 Å². The van der Waals surface area contributed by atoms with Crippen LogP contribution in [0.25, 0.3) is 0 Å². The molecule has 0 aliphatic rings. The number of methoxy groups -OCH3 is 2. The van der Waals surface area contributed by atoms with Crippen molar-refractivity contribution in [3.05, 3.63) is 60.2 Å². The van der Waals surface area contributed by atoms with Gasteiger partial charge in [-0.15, -0.1) is 0 Å². The number of ether oxygens (including phenoxy) is 3. The Labute approximate surface area is 211 Å². The summed E-state index contributed by atoms with van der Waals surface area (Å²) in [4.78, 5) is 20.5. The molecule has 11 heteroatoms. The van der Waals surface area contributed by atoms with E-state index in [0.29, 0.717) is 23.6 Å². The number of rotatable bonds is 13. The fourth-order valence-electron chi connectivity index (χ4n) is 3.19. The quantitative estimate of drug-likeness (QED) is 0.319. The molecule has 3 aromatic rings. The Morgan fingerprint density at radius 1 is 0.917 bits per heavy atom. The minimum Gasteiger partial charge on any atom is -0.494 e. The van der Waals surface area contributed by atoms with Gasteiger partial charge in [-0.25, -0.2) is 8.42 Å². The molecule has 1 aromatic heterocycles. The molecule has 0 spiro atoms. The summed E-state index contributed by atoms with van der Waals surface area (Å²) in [6.45, 7) is 2.81. The van der Waals surface area contributed by atoms with E-state index in [1.54, 1.807) is 24.3 Å². The van der Waals surface area contributed by atoms with E-state index in [0.717, 1.165) is 12.8 Å². The standard InChI is InChI=1S/C25H30N4O6S/c1-4-5-6-7-16-35-20-12-8-18(9-13-20)24(30)26-19-10-14-21(15-11-19)36(31,32)29-22-17-23(33-2)28-25(27-22)34-3/h8-15,17H,4-7,16H2,1-3H3,(H,26,30)(H,27,28,29). The zero-order chi connectivity index (χ0) is 26.0. The smallest absolute Gasteiger partial charge is 0.321 e. The first-order valence-electron chi connectivity index (χ1n) is 11.5. The van der Waals surface area contributed by atoms with Crippen molar-refractivity contribution in [2.45, 2.75) is 37.5 Å². The van der Waals surface area contributed by atoms with Crippen LogP contribution < -0.4 is 24.2 Å². The molecule has 36 heavy (non-hydrogen) atoms. The van der Waals surface area contributed by atoms with Crippen molar-refractivity contribution in [2.24, 2.45) is 0 Å². The molecule has 0 bridgehead atoms. The van der Waals surface area contributed by atoms with Gasteiger partial charge in [-0.1, -0.05) is 26.2 Å². The molecular formula is C25H30N4O6S. The van der Waals surface area contributed by atoms with E-state index < -0.39 is 10.0 Å². The maximum Gasteiger partial charge on any atom is 0.321 e. The number of hydrogen-bond donors (Lipinski definition) is 2. The minimum atomic E-state index is -3.96. The van der Waals surface area contributed by atoms with Crippen LogP contribution in [0.5, 0.6) is 17.6 Å². The molecule has 0 saturated carbocycles. The molecule has 0 fully saturated rings. The topological polar surface area (TPSA) is 129 Å². The van der Waals surface area contributed by atoms with Crippen LogP contribution in [-0.4, -0.2) is 45.1 Å². The number of carbonyl (C=O) groups is 1. The van der Waals surface area contributed by atoms with E-state index in [2.05, 4.69) is 26.9 Å². The molecule has 2 N–H and O–H groups in total. The van der Waals surface area contributed by atoms with Crippen LogP contribution in [0.2, 0.25) is 0 Å². The molecule has 0 aliphatic heterocycles. The van der Waals surface area contributed by atoms with Gasteiger partial charge in [0.2, 0.25) is 5.88 Å². The largest absolute Gasteiger partial charge is 0.494 e. The van der Waals surface area contributed by atoms with Crippen LogP contribution in [0.3, 0.4) is 0 Å². The summed E-state index contributed by atoms with van der Waals surface area (Å²) in [6.07, 6.45) is 4.50. The number of carbonyl (C=O) groups excluding carboxylic acids is 1. The van der Waals surface area contributed by atoms with Crippen LogP contribution in [0.15, 0.2) is 59.5 Å². The molecule has 3 rings (SSSR count). The molecule has 0 radical (unpaired) electrons. The van der Waals surface area contributed by atoms with Gasteiger partial charge in [-0.3, -0.25) is 9.52 Å². The van der Waals surface area contributed by atoms with E-state index in [1.165, 1.54) is 57.4 Å². The third-order valence-corrected chi connectivity index (χ3v) is 6.49. The van der Waals surface area contributed by atoms with E-state index in [4.69, 9.17) is 14.2 Å². The lowest BCUT2D eigenvalue weighted by Gasteiger charge is -2.11. The van der Waals surface area contributed by atoms with Crippen LogP contribution in [-0.2, 0) is 10.0 Å². The molecule has 2 aromatic carbocycles. The van der Waals surface area contributed by atoms with Crippen LogP contribution in [0.4, 0.5) is 11.5 Å². The Balaban J connectivity index is 1.59. The number of benzene rings is 2. The van der Waals surface area contributed by atoms with Crippen molar-refractivity contribution in [2.75, 3.05) is 30.9 Å². The number of anilines is 2. The first-order valence-corrected chi connectivity index (χ1v) is 13.0. The maximum atomic E-state index is 12.8. The van der Waals surface area contributed by atoms with Gasteiger partial charge in [-0.05, 0) is 55.0 Å². The summed E-state index contributed by atoms with van der Waals surface area (Å²) in [6, 6.07) is 13.9. The van der Waals surface area contributed by atoms with Gasteiger partial charge in [0.25, 0.3) is 15.9 Å². The number of nitrogens with one attached hydrogen (secondary N) is 2. The number of sulfonamides is 1. The molecule has 10 nitrogen and oxygen atoms in total. The summed E-state index contributed by atoms with van der Waals surface area (Å²) in [5.41, 5.74) is 0.902. The van der Waals surface area contributed by atoms with Crippen molar-refractivity contribution < 1.29 is 27.4 Å². The molecule has 0 atom stereocenters. The fraction of sp³-hybridized carbons (Fsp3) is 0.320. The van der Waals surface area contributed by atoms with Gasteiger partial charge in [0, 0.05) is 17.3 Å². The number of unbranched alkanes of at least 4 members (excludes halogenated alkanes) is 3. The van der Waals surface area contributed by atoms with Crippen LogP contribution in [0.1, 0.15) is 43.0 Å². The van der Waals surface area contributed by atoms with Gasteiger partial charge < -0.3 is 19.5 Å². The number of amides is 1. The Morgan fingerprint density at radius 3 is 2.28 bits per heavy atom. The second-order valence-electron chi connectivity index (χ2n) is 7.80. The molecule has 0 unspecified atom stereocenters. The molecule has 0 aliphatic carbocycles. The molecule has 0 saturated heterocycles. The Hall–Kier alpha value is -3.86. The Bertz CT molecular complexity index is 1230. The second-order valence-corrected chi connectivity index (χ2v) is 9.48. The minimum absolute atomic E-state index is 0.00975. The lowest BCUT2D eigenvalue weighted by atomic mass is 10.2.